The molecule has 1 saturated heterocycles. The Balaban J connectivity index is 1.16. The Labute approximate surface area is 254 Å². The topological polar surface area (TPSA) is 112 Å². The van der Waals surface area contributed by atoms with Crippen LogP contribution >= 0.6 is 7.29 Å². The van der Waals surface area contributed by atoms with E-state index >= 15 is 0 Å². The fourth-order valence-corrected chi connectivity index (χ4v) is 8.58. The Morgan fingerprint density at radius 1 is 0.841 bits per heavy atom. The quantitative estimate of drug-likeness (QED) is 0.131. The predicted molar refractivity (Wildman–Crippen MR) is 174 cm³/mol. The van der Waals surface area contributed by atoms with E-state index in [0.717, 1.165) is 37.8 Å². The van der Waals surface area contributed by atoms with Crippen molar-refractivity contribution in [1.82, 2.24) is 19.6 Å². The molecule has 3 aromatic heterocycles. The van der Waals surface area contributed by atoms with Gasteiger partial charge in [0, 0.05) is 51.9 Å². The van der Waals surface area contributed by atoms with Crippen molar-refractivity contribution in [1.29, 1.82) is 0 Å². The number of aromatic nitrogens is 3. The number of pyridine rings is 3. The highest BCUT2D eigenvalue weighted by Gasteiger charge is 2.49. The van der Waals surface area contributed by atoms with Crippen LogP contribution in [-0.2, 0) is 4.57 Å². The van der Waals surface area contributed by atoms with Crippen LogP contribution < -0.4 is 30.6 Å². The second-order valence-electron chi connectivity index (χ2n) is 10.6. The van der Waals surface area contributed by atoms with Crippen molar-refractivity contribution in [3.05, 3.63) is 104 Å². The lowest BCUT2D eigenvalue weighted by atomic mass is 10.0. The number of ether oxygens (including phenoxy) is 3. The molecule has 7 rings (SSSR count). The molecule has 4 heterocycles. The molecule has 0 radical (unpaired) electrons. The maximum atomic E-state index is 14.6. The maximum absolute atomic E-state index is 14.6. The maximum Gasteiger partial charge on any atom is 0.207 e. The molecule has 0 amide bonds. The molecule has 1 aliphatic heterocycles. The number of nitrogen functional groups attached to an aromatic ring is 1. The van der Waals surface area contributed by atoms with Gasteiger partial charge in [-0.3, -0.25) is 14.5 Å². The minimum atomic E-state index is -2.99. The Morgan fingerprint density at radius 2 is 1.52 bits per heavy atom. The van der Waals surface area contributed by atoms with Crippen molar-refractivity contribution in [3.8, 4) is 28.5 Å². The second-order valence-corrected chi connectivity index (χ2v) is 13.3. The summed E-state index contributed by atoms with van der Waals surface area (Å²) in [5.74, 6) is 2.15. The first-order chi connectivity index (χ1) is 21.5. The van der Waals surface area contributed by atoms with E-state index in [9.17, 15) is 4.57 Å². The van der Waals surface area contributed by atoms with Crippen LogP contribution in [0.3, 0.4) is 0 Å². The number of nitrogens with zero attached hydrogens (tertiary/aromatic N) is 4. The molecule has 220 valence electrons. The first-order valence-electron chi connectivity index (χ1n) is 14.2. The van der Waals surface area contributed by atoms with E-state index in [2.05, 4.69) is 15.0 Å². The molecular formula is C34H30N5O4P. The molecule has 0 saturated carbocycles. The molecule has 2 atom stereocenters. The molecule has 3 aromatic carbocycles. The highest BCUT2D eigenvalue weighted by atomic mass is 31.2. The van der Waals surface area contributed by atoms with Gasteiger partial charge in [0.15, 0.2) is 11.5 Å². The van der Waals surface area contributed by atoms with Crippen LogP contribution in [0.4, 0.5) is 5.82 Å². The Kier molecular flexibility index (Phi) is 7.12. The van der Waals surface area contributed by atoms with E-state index in [1.165, 1.54) is 0 Å². The normalized spacial score (nSPS) is 16.1. The lowest BCUT2D eigenvalue weighted by Crippen LogP contribution is -2.23. The van der Waals surface area contributed by atoms with Gasteiger partial charge in [-0.15, -0.1) is 0 Å². The van der Waals surface area contributed by atoms with Crippen molar-refractivity contribution in [2.24, 2.45) is 0 Å². The average molecular weight is 604 g/mol. The standard InChI is InChI=1S/C34H30N5O4P/c1-41-32-15-28-27-14-30(38-34(35)29(27)19-37-31(28)16-33(32)42-2)22-13-24(18-36-17-22)43-21-23-20-39(23)44(40,25-9-5-3-6-10-25)26-11-7-4-8-12-26/h3-19,23H,20-21H2,1-2H3,(H2,35,38). The van der Waals surface area contributed by atoms with Crippen molar-refractivity contribution in [2.75, 3.05) is 33.1 Å². The third-order valence-electron chi connectivity index (χ3n) is 7.92. The Hall–Kier alpha value is -4.98. The largest absolute Gasteiger partial charge is 0.493 e. The van der Waals surface area contributed by atoms with E-state index in [0.29, 0.717) is 41.9 Å². The first kappa shape index (κ1) is 27.8. The van der Waals surface area contributed by atoms with Crippen molar-refractivity contribution >= 4 is 45.4 Å². The molecule has 10 heteroatoms. The third-order valence-corrected chi connectivity index (χ3v) is 11.1. The highest BCUT2D eigenvalue weighted by Crippen LogP contribution is 2.54. The summed E-state index contributed by atoms with van der Waals surface area (Å²) in [7, 11) is 0.209. The lowest BCUT2D eigenvalue weighted by Gasteiger charge is -2.21. The van der Waals surface area contributed by atoms with E-state index in [-0.39, 0.29) is 6.04 Å². The van der Waals surface area contributed by atoms with Crippen LogP contribution in [0.15, 0.2) is 104 Å². The van der Waals surface area contributed by atoms with Crippen molar-refractivity contribution in [2.45, 2.75) is 6.04 Å². The number of anilines is 1. The zero-order valence-corrected chi connectivity index (χ0v) is 25.1. The van der Waals surface area contributed by atoms with Crippen LogP contribution in [0.25, 0.3) is 32.9 Å². The zero-order chi connectivity index (χ0) is 30.3. The summed E-state index contributed by atoms with van der Waals surface area (Å²) >= 11 is 0. The number of nitrogens with two attached hydrogens (primary N) is 1. The Morgan fingerprint density at radius 3 is 2.20 bits per heavy atom. The summed E-state index contributed by atoms with van der Waals surface area (Å²) in [5, 5.41) is 4.12. The van der Waals surface area contributed by atoms with Crippen LogP contribution in [0.2, 0.25) is 0 Å². The average Bonchev–Trinajstić information content (AvgIpc) is 3.87. The van der Waals surface area contributed by atoms with Gasteiger partial charge in [0.2, 0.25) is 7.29 Å². The summed E-state index contributed by atoms with van der Waals surface area (Å²) in [6.45, 7) is 1.05. The number of benzene rings is 3. The minimum Gasteiger partial charge on any atom is -0.493 e. The van der Waals surface area contributed by atoms with Gasteiger partial charge in [-0.05, 0) is 47.9 Å². The monoisotopic (exact) mass is 603 g/mol. The molecular weight excluding hydrogens is 573 g/mol. The summed E-state index contributed by atoms with van der Waals surface area (Å²) in [6.07, 6.45) is 5.12. The summed E-state index contributed by atoms with van der Waals surface area (Å²) in [5.41, 5.74) is 8.58. The molecule has 44 heavy (non-hydrogen) atoms. The Bertz CT molecular complexity index is 2000. The molecule has 0 bridgehead atoms. The smallest absolute Gasteiger partial charge is 0.207 e. The van der Waals surface area contributed by atoms with Crippen LogP contribution in [-0.4, -0.2) is 53.0 Å². The van der Waals surface area contributed by atoms with E-state index in [1.807, 2.05) is 89.6 Å². The SMILES string of the molecule is COc1cc2ncc3c(N)nc(-c4cncc(OCC5CN5P(=O)(c5ccccc5)c5ccccc5)c4)cc3c2cc1OC. The van der Waals surface area contributed by atoms with Gasteiger partial charge in [-0.2, -0.15) is 0 Å². The molecule has 2 N–H and O–H groups in total. The van der Waals surface area contributed by atoms with Crippen molar-refractivity contribution < 1.29 is 18.8 Å². The van der Waals surface area contributed by atoms with Gasteiger partial charge in [0.25, 0.3) is 0 Å². The van der Waals surface area contributed by atoms with Gasteiger partial charge in [-0.25, -0.2) is 9.65 Å². The number of hydrogen-bond donors (Lipinski definition) is 1. The molecule has 1 aliphatic rings. The summed E-state index contributed by atoms with van der Waals surface area (Å²) in [4.78, 5) is 13.6. The van der Waals surface area contributed by atoms with Gasteiger partial charge in [-0.1, -0.05) is 36.4 Å². The zero-order valence-electron chi connectivity index (χ0n) is 24.3. The van der Waals surface area contributed by atoms with E-state index in [1.54, 1.807) is 32.8 Å². The summed E-state index contributed by atoms with van der Waals surface area (Å²) in [6, 6.07) is 26.9. The molecule has 0 aliphatic carbocycles. The number of fused-ring (bicyclic) bond motifs is 3. The van der Waals surface area contributed by atoms with Gasteiger partial charge in [0.05, 0.1) is 37.7 Å². The number of hydrogen-bond acceptors (Lipinski definition) is 8. The summed E-state index contributed by atoms with van der Waals surface area (Å²) < 4.78 is 33.8. The number of methoxy groups -OCH3 is 2. The molecule has 1 fully saturated rings. The van der Waals surface area contributed by atoms with E-state index in [4.69, 9.17) is 19.9 Å². The first-order valence-corrected chi connectivity index (χ1v) is 15.8. The van der Waals surface area contributed by atoms with Crippen LogP contribution in [0.5, 0.6) is 17.2 Å². The van der Waals surface area contributed by atoms with E-state index < -0.39 is 7.29 Å². The van der Waals surface area contributed by atoms with Gasteiger partial charge >= 0.3 is 0 Å². The molecule has 2 unspecified atom stereocenters. The van der Waals surface area contributed by atoms with Crippen molar-refractivity contribution in [3.63, 3.8) is 0 Å². The molecule has 9 nitrogen and oxygen atoms in total. The molecule has 6 aromatic rings. The van der Waals surface area contributed by atoms with Crippen LogP contribution in [0, 0.1) is 0 Å². The number of rotatable bonds is 9. The lowest BCUT2D eigenvalue weighted by molar-refractivity contribution is 0.309. The molecule has 0 spiro atoms. The van der Waals surface area contributed by atoms with Crippen LogP contribution in [0.1, 0.15) is 0 Å². The highest BCUT2D eigenvalue weighted by molar-refractivity contribution is 7.76. The second kappa shape index (κ2) is 11.3. The van der Waals surface area contributed by atoms with Gasteiger partial charge < -0.3 is 19.9 Å². The fourth-order valence-electron chi connectivity index (χ4n) is 5.59. The third kappa shape index (κ3) is 4.90. The fraction of sp³-hybridized carbons (Fsp3) is 0.147. The van der Waals surface area contributed by atoms with Gasteiger partial charge in [0.1, 0.15) is 18.2 Å². The predicted octanol–water partition coefficient (Wildman–Crippen LogP) is 5.44. The minimum absolute atomic E-state index is 0.00479.